The first-order valence-corrected chi connectivity index (χ1v) is 5.28. The van der Waals surface area contributed by atoms with E-state index in [1.165, 1.54) is 12.8 Å². The molecule has 0 heterocycles. The van der Waals surface area contributed by atoms with Gasteiger partial charge in [-0.2, -0.15) is 0 Å². The van der Waals surface area contributed by atoms with Crippen molar-refractivity contribution in [3.05, 3.63) is 0 Å². The molecular formula is C10H18N2O. The number of hydrogen-bond acceptors (Lipinski definition) is 2. The van der Waals surface area contributed by atoms with E-state index >= 15 is 0 Å². The molecule has 3 nitrogen and oxygen atoms in total. The van der Waals surface area contributed by atoms with Crippen molar-refractivity contribution in [2.24, 2.45) is 11.7 Å². The lowest BCUT2D eigenvalue weighted by Gasteiger charge is -2.28. The van der Waals surface area contributed by atoms with Crippen LogP contribution in [0.5, 0.6) is 0 Å². The van der Waals surface area contributed by atoms with Gasteiger partial charge in [-0.05, 0) is 25.7 Å². The van der Waals surface area contributed by atoms with Crippen LogP contribution in [-0.4, -0.2) is 18.0 Å². The molecule has 0 spiro atoms. The predicted octanol–water partition coefficient (Wildman–Crippen LogP) is 0.784. The first-order valence-electron chi connectivity index (χ1n) is 5.28. The second-order valence-corrected chi connectivity index (χ2v) is 4.46. The fourth-order valence-corrected chi connectivity index (χ4v) is 2.14. The van der Waals surface area contributed by atoms with E-state index in [0.717, 1.165) is 25.7 Å². The fourth-order valence-electron chi connectivity index (χ4n) is 2.14. The Morgan fingerprint density at radius 2 is 2.00 bits per heavy atom. The zero-order valence-electron chi connectivity index (χ0n) is 8.01. The molecule has 1 amide bonds. The Morgan fingerprint density at radius 3 is 2.46 bits per heavy atom. The van der Waals surface area contributed by atoms with Crippen molar-refractivity contribution in [2.45, 2.75) is 44.1 Å². The van der Waals surface area contributed by atoms with Gasteiger partial charge in [-0.15, -0.1) is 0 Å². The standard InChI is InChI=1S/C10H18N2O/c11-7-10(5-1-2-6-10)12-9(13)8-3-4-8/h8H,1-7,11H2,(H,12,13). The Bertz CT molecular complexity index is 205. The summed E-state index contributed by atoms with van der Waals surface area (Å²) in [5.74, 6) is 0.552. The summed E-state index contributed by atoms with van der Waals surface area (Å²) in [6.45, 7) is 0.603. The number of nitrogens with two attached hydrogens (primary N) is 1. The highest BCUT2D eigenvalue weighted by Crippen LogP contribution is 2.33. The molecule has 2 aliphatic carbocycles. The van der Waals surface area contributed by atoms with Crippen molar-refractivity contribution < 1.29 is 4.79 Å². The van der Waals surface area contributed by atoms with Crippen LogP contribution in [0.3, 0.4) is 0 Å². The minimum atomic E-state index is -0.0420. The first kappa shape index (κ1) is 9.00. The van der Waals surface area contributed by atoms with Crippen molar-refractivity contribution >= 4 is 5.91 Å². The van der Waals surface area contributed by atoms with Gasteiger partial charge in [-0.3, -0.25) is 4.79 Å². The number of carbonyl (C=O) groups excluding carboxylic acids is 1. The summed E-state index contributed by atoms with van der Waals surface area (Å²) in [4.78, 5) is 11.6. The monoisotopic (exact) mass is 182 g/mol. The maximum atomic E-state index is 11.6. The quantitative estimate of drug-likeness (QED) is 0.678. The van der Waals surface area contributed by atoms with Crippen molar-refractivity contribution in [3.63, 3.8) is 0 Å². The molecule has 74 valence electrons. The van der Waals surface area contributed by atoms with Gasteiger partial charge in [-0.1, -0.05) is 12.8 Å². The van der Waals surface area contributed by atoms with Crippen LogP contribution in [0.2, 0.25) is 0 Å². The number of nitrogens with one attached hydrogen (secondary N) is 1. The molecule has 2 fully saturated rings. The third-order valence-corrected chi connectivity index (χ3v) is 3.29. The van der Waals surface area contributed by atoms with Crippen LogP contribution in [0, 0.1) is 5.92 Å². The zero-order valence-corrected chi connectivity index (χ0v) is 8.01. The highest BCUT2D eigenvalue weighted by molar-refractivity contribution is 5.81. The number of carbonyl (C=O) groups is 1. The van der Waals surface area contributed by atoms with E-state index in [4.69, 9.17) is 5.73 Å². The first-order chi connectivity index (χ1) is 6.26. The second kappa shape index (κ2) is 3.29. The van der Waals surface area contributed by atoms with E-state index in [1.54, 1.807) is 0 Å². The van der Waals surface area contributed by atoms with Crippen molar-refractivity contribution in [2.75, 3.05) is 6.54 Å². The van der Waals surface area contributed by atoms with E-state index in [1.807, 2.05) is 0 Å². The molecule has 2 saturated carbocycles. The summed E-state index contributed by atoms with van der Waals surface area (Å²) in [6, 6.07) is 0. The highest BCUT2D eigenvalue weighted by Gasteiger charge is 2.38. The topological polar surface area (TPSA) is 55.1 Å². The average molecular weight is 182 g/mol. The smallest absolute Gasteiger partial charge is 0.223 e. The summed E-state index contributed by atoms with van der Waals surface area (Å²) in [5, 5.41) is 3.14. The molecule has 3 heteroatoms. The Hall–Kier alpha value is -0.570. The van der Waals surface area contributed by atoms with Gasteiger partial charge >= 0.3 is 0 Å². The maximum Gasteiger partial charge on any atom is 0.223 e. The normalized spacial score (nSPS) is 25.9. The number of rotatable bonds is 3. The molecule has 0 aromatic carbocycles. The Morgan fingerprint density at radius 1 is 1.38 bits per heavy atom. The minimum Gasteiger partial charge on any atom is -0.349 e. The molecule has 0 atom stereocenters. The van der Waals surface area contributed by atoms with Crippen molar-refractivity contribution in [1.82, 2.24) is 5.32 Å². The van der Waals surface area contributed by atoms with E-state index in [2.05, 4.69) is 5.32 Å². The predicted molar refractivity (Wildman–Crippen MR) is 51.1 cm³/mol. The zero-order chi connectivity index (χ0) is 9.31. The van der Waals surface area contributed by atoms with Gasteiger partial charge < -0.3 is 11.1 Å². The molecule has 0 aromatic heterocycles. The summed E-state index contributed by atoms with van der Waals surface area (Å²) in [7, 11) is 0. The molecule has 0 radical (unpaired) electrons. The lowest BCUT2D eigenvalue weighted by molar-refractivity contribution is -0.124. The third kappa shape index (κ3) is 1.85. The van der Waals surface area contributed by atoms with E-state index in [0.29, 0.717) is 12.5 Å². The van der Waals surface area contributed by atoms with Gasteiger partial charge in [0.15, 0.2) is 0 Å². The van der Waals surface area contributed by atoms with Crippen LogP contribution < -0.4 is 11.1 Å². The number of hydrogen-bond donors (Lipinski definition) is 2. The van der Waals surface area contributed by atoms with Gasteiger partial charge in [0, 0.05) is 12.5 Å². The van der Waals surface area contributed by atoms with E-state index in [-0.39, 0.29) is 11.4 Å². The molecule has 2 aliphatic rings. The molecule has 0 bridgehead atoms. The van der Waals surface area contributed by atoms with E-state index < -0.39 is 0 Å². The van der Waals surface area contributed by atoms with Crippen molar-refractivity contribution in [3.8, 4) is 0 Å². The molecule has 0 aromatic rings. The second-order valence-electron chi connectivity index (χ2n) is 4.46. The summed E-state index contributed by atoms with van der Waals surface area (Å²) in [5.41, 5.74) is 5.68. The Balaban J connectivity index is 1.92. The van der Waals surface area contributed by atoms with Gasteiger partial charge in [0.25, 0.3) is 0 Å². The maximum absolute atomic E-state index is 11.6. The minimum absolute atomic E-state index is 0.0420. The average Bonchev–Trinajstić information content (AvgIpc) is 2.89. The van der Waals surface area contributed by atoms with Crippen molar-refractivity contribution in [1.29, 1.82) is 0 Å². The molecule has 0 saturated heterocycles. The lowest BCUT2D eigenvalue weighted by Crippen LogP contribution is -2.52. The molecule has 13 heavy (non-hydrogen) atoms. The Kier molecular flexibility index (Phi) is 2.28. The van der Waals surface area contributed by atoms with Gasteiger partial charge in [-0.25, -0.2) is 0 Å². The molecule has 0 unspecified atom stereocenters. The van der Waals surface area contributed by atoms with Crippen LogP contribution in [0.15, 0.2) is 0 Å². The van der Waals surface area contributed by atoms with Crippen LogP contribution in [0.4, 0.5) is 0 Å². The SMILES string of the molecule is NCC1(NC(=O)C2CC2)CCCC1. The molecule has 0 aliphatic heterocycles. The summed E-state index contributed by atoms with van der Waals surface area (Å²) < 4.78 is 0. The van der Waals surface area contributed by atoms with Gasteiger partial charge in [0.05, 0.1) is 5.54 Å². The van der Waals surface area contributed by atoms with Gasteiger partial charge in [0.1, 0.15) is 0 Å². The van der Waals surface area contributed by atoms with E-state index in [9.17, 15) is 4.79 Å². The molecular weight excluding hydrogens is 164 g/mol. The van der Waals surface area contributed by atoms with Crippen LogP contribution in [0.1, 0.15) is 38.5 Å². The number of amides is 1. The fraction of sp³-hybridized carbons (Fsp3) is 0.900. The summed E-state index contributed by atoms with van der Waals surface area (Å²) in [6.07, 6.45) is 6.72. The van der Waals surface area contributed by atoms with Crippen LogP contribution in [0.25, 0.3) is 0 Å². The van der Waals surface area contributed by atoms with Crippen LogP contribution in [-0.2, 0) is 4.79 Å². The van der Waals surface area contributed by atoms with Crippen LogP contribution >= 0.6 is 0 Å². The summed E-state index contributed by atoms with van der Waals surface area (Å²) >= 11 is 0. The Labute approximate surface area is 79.1 Å². The third-order valence-electron chi connectivity index (χ3n) is 3.29. The largest absolute Gasteiger partial charge is 0.349 e. The lowest BCUT2D eigenvalue weighted by atomic mass is 9.97. The molecule has 2 rings (SSSR count). The molecule has 3 N–H and O–H groups in total. The van der Waals surface area contributed by atoms with Gasteiger partial charge in [0.2, 0.25) is 5.91 Å². The highest BCUT2D eigenvalue weighted by atomic mass is 16.2.